The normalized spacial score (nSPS) is 59.7. The van der Waals surface area contributed by atoms with E-state index in [1.807, 2.05) is 0 Å². The highest BCUT2D eigenvalue weighted by Crippen LogP contribution is 2.71. The van der Waals surface area contributed by atoms with Crippen molar-refractivity contribution in [3.63, 3.8) is 0 Å². The molecule has 0 radical (unpaired) electrons. The van der Waals surface area contributed by atoms with Crippen LogP contribution in [0.15, 0.2) is 0 Å². The van der Waals surface area contributed by atoms with Crippen LogP contribution in [0.1, 0.15) is 106 Å². The van der Waals surface area contributed by atoms with Crippen molar-refractivity contribution in [1.82, 2.24) is 0 Å². The van der Waals surface area contributed by atoms with Crippen LogP contribution in [0.5, 0.6) is 0 Å². The standard InChI is InChI=1S/C45H74O16/c1-19-9-14-45(54-18-19)20(2)30-28(61-45)16-27-25-8-7-23-15-24(10-12-43(23,5)26(25)11-13-44(27,30)6)57-42-39(60-41-36(52)34(50)32(48)22(4)56-41)37(53)38(29(17-46)58-42)59-40-35(51)33(49)31(47)21(3)55-40/h19-42,46-53H,7-18H2,1-6H3/t19-,20-,21-,22-,23+,24-,25+,26-,27-,28-,29+,30-,31-,32-,33+,34+,35+,36+,37-,38-,39+,40-,41-,42+,43-,44-,45+/m0/s1. The molecule has 0 aromatic heterocycles. The molecule has 9 rings (SSSR count). The molecule has 0 unspecified atom stereocenters. The molecule has 4 saturated carbocycles. The third kappa shape index (κ3) is 7.50. The summed E-state index contributed by atoms with van der Waals surface area (Å²) < 4.78 is 50.3. The SMILES string of the molecule is C[C@H]1CC[C@@]2(OC1)O[C@H]1C[C@H]3[C@@H]4CC[C@@H]5C[C@@H](O[C@@H]6O[C@H](CO)[C@H](O[C@@H]7O[C@@H](C)[C@H](O)[C@@H](O)[C@H]7O)[C@H](O)[C@H]6O[C@@H]6O[C@@H](C)[C@H](O)[C@@H](O)[C@H]6O)CC[C@]5(C)[C@H]4CC[C@]3(C)[C@H]1[C@@H]2C. The molecule has 5 saturated heterocycles. The largest absolute Gasteiger partial charge is 0.394 e. The number of ether oxygens (including phenoxy) is 8. The van der Waals surface area contributed by atoms with Gasteiger partial charge < -0.3 is 78.7 Å². The first kappa shape index (κ1) is 45.5. The first-order chi connectivity index (χ1) is 28.9. The first-order valence-electron chi connectivity index (χ1n) is 23.5. The predicted octanol–water partition coefficient (Wildman–Crippen LogP) is 1.32. The number of hydrogen-bond acceptors (Lipinski definition) is 16. The Hall–Kier alpha value is -0.640. The summed E-state index contributed by atoms with van der Waals surface area (Å²) in [5.41, 5.74) is 0.350. The quantitative estimate of drug-likeness (QED) is 0.169. The smallest absolute Gasteiger partial charge is 0.187 e. The van der Waals surface area contributed by atoms with Crippen molar-refractivity contribution in [3.05, 3.63) is 0 Å². The van der Waals surface area contributed by atoms with E-state index in [0.717, 1.165) is 58.0 Å². The average molecular weight is 871 g/mol. The minimum atomic E-state index is -1.70. The Morgan fingerprint density at radius 2 is 1.23 bits per heavy atom. The molecule has 5 heterocycles. The zero-order valence-corrected chi connectivity index (χ0v) is 36.7. The molecule has 0 aromatic carbocycles. The number of aliphatic hydroxyl groups excluding tert-OH is 8. The van der Waals surface area contributed by atoms with Crippen molar-refractivity contribution < 1.29 is 78.7 Å². The van der Waals surface area contributed by atoms with Gasteiger partial charge in [0.1, 0.15) is 61.0 Å². The molecule has 0 aromatic rings. The minimum Gasteiger partial charge on any atom is -0.394 e. The Morgan fingerprint density at radius 1 is 0.590 bits per heavy atom. The second-order valence-corrected chi connectivity index (χ2v) is 21.5. The van der Waals surface area contributed by atoms with E-state index in [4.69, 9.17) is 37.9 Å². The number of hydrogen-bond donors (Lipinski definition) is 8. The van der Waals surface area contributed by atoms with E-state index in [9.17, 15) is 40.9 Å². The Labute approximate surface area is 359 Å². The van der Waals surface area contributed by atoms with Gasteiger partial charge in [-0.1, -0.05) is 27.7 Å². The lowest BCUT2D eigenvalue weighted by molar-refractivity contribution is -0.389. The van der Waals surface area contributed by atoms with Crippen LogP contribution in [-0.4, -0.2) is 164 Å². The molecular formula is C45H74O16. The summed E-state index contributed by atoms with van der Waals surface area (Å²) in [5, 5.41) is 85.9. The molecule has 9 fully saturated rings. The molecule has 61 heavy (non-hydrogen) atoms. The number of fused-ring (bicyclic) bond motifs is 7. The third-order valence-corrected chi connectivity index (χ3v) is 18.2. The van der Waals surface area contributed by atoms with Crippen LogP contribution in [0.3, 0.4) is 0 Å². The molecule has 350 valence electrons. The highest BCUT2D eigenvalue weighted by molar-refractivity contribution is 5.15. The van der Waals surface area contributed by atoms with E-state index in [0.29, 0.717) is 41.4 Å². The zero-order valence-electron chi connectivity index (χ0n) is 36.7. The van der Waals surface area contributed by atoms with Crippen molar-refractivity contribution in [1.29, 1.82) is 0 Å². The van der Waals surface area contributed by atoms with E-state index >= 15 is 0 Å². The fraction of sp³-hybridized carbons (Fsp3) is 1.00. The predicted molar refractivity (Wildman–Crippen MR) is 213 cm³/mol. The molecule has 8 N–H and O–H groups in total. The van der Waals surface area contributed by atoms with Gasteiger partial charge >= 0.3 is 0 Å². The summed E-state index contributed by atoms with van der Waals surface area (Å²) in [6.07, 6.45) is -11.0. The fourth-order valence-corrected chi connectivity index (χ4v) is 14.6. The lowest BCUT2D eigenvalue weighted by Crippen LogP contribution is -2.66. The highest BCUT2D eigenvalue weighted by Gasteiger charge is 2.69. The Balaban J connectivity index is 0.897. The summed E-state index contributed by atoms with van der Waals surface area (Å²) in [6.45, 7) is 12.9. The van der Waals surface area contributed by atoms with Crippen LogP contribution in [0.25, 0.3) is 0 Å². The van der Waals surface area contributed by atoms with E-state index in [-0.39, 0.29) is 23.0 Å². The van der Waals surface area contributed by atoms with Crippen LogP contribution in [0.4, 0.5) is 0 Å². The van der Waals surface area contributed by atoms with Crippen molar-refractivity contribution in [2.24, 2.45) is 52.3 Å². The van der Waals surface area contributed by atoms with Crippen LogP contribution < -0.4 is 0 Å². The second-order valence-electron chi connectivity index (χ2n) is 21.5. The number of aliphatic hydroxyl groups is 8. The highest BCUT2D eigenvalue weighted by atomic mass is 16.8. The van der Waals surface area contributed by atoms with Crippen LogP contribution >= 0.6 is 0 Å². The van der Waals surface area contributed by atoms with Gasteiger partial charge in [-0.2, -0.15) is 0 Å². The maximum atomic E-state index is 12.0. The zero-order chi connectivity index (χ0) is 43.5. The lowest BCUT2D eigenvalue weighted by Gasteiger charge is -2.61. The summed E-state index contributed by atoms with van der Waals surface area (Å²) >= 11 is 0. The van der Waals surface area contributed by atoms with Gasteiger partial charge in [-0.15, -0.1) is 0 Å². The molecule has 0 amide bonds. The van der Waals surface area contributed by atoms with Gasteiger partial charge in [-0.05, 0) is 118 Å². The van der Waals surface area contributed by atoms with E-state index in [1.165, 1.54) is 26.7 Å². The van der Waals surface area contributed by atoms with E-state index < -0.39 is 105 Å². The van der Waals surface area contributed by atoms with Crippen molar-refractivity contribution >= 4 is 0 Å². The molecular weight excluding hydrogens is 796 g/mol. The molecule has 16 heteroatoms. The second kappa shape index (κ2) is 16.9. The molecule has 9 aliphatic rings. The van der Waals surface area contributed by atoms with Crippen LogP contribution in [0.2, 0.25) is 0 Å². The van der Waals surface area contributed by atoms with Gasteiger partial charge in [0.05, 0.1) is 37.6 Å². The molecule has 1 spiro atoms. The third-order valence-electron chi connectivity index (χ3n) is 18.2. The maximum absolute atomic E-state index is 12.0. The molecule has 4 aliphatic carbocycles. The Kier molecular flexibility index (Phi) is 12.6. The molecule has 5 aliphatic heterocycles. The number of rotatable bonds is 7. The van der Waals surface area contributed by atoms with Crippen molar-refractivity contribution in [2.45, 2.75) is 216 Å². The maximum Gasteiger partial charge on any atom is 0.187 e. The molecule has 27 atom stereocenters. The topological polar surface area (TPSA) is 236 Å². The van der Waals surface area contributed by atoms with Gasteiger partial charge in [0.15, 0.2) is 24.7 Å². The fourth-order valence-electron chi connectivity index (χ4n) is 14.6. The first-order valence-corrected chi connectivity index (χ1v) is 23.5. The van der Waals surface area contributed by atoms with Gasteiger partial charge in [-0.3, -0.25) is 0 Å². The Morgan fingerprint density at radius 3 is 1.85 bits per heavy atom. The van der Waals surface area contributed by atoms with E-state index in [2.05, 4.69) is 27.7 Å². The van der Waals surface area contributed by atoms with Gasteiger partial charge in [-0.25, -0.2) is 0 Å². The summed E-state index contributed by atoms with van der Waals surface area (Å²) in [5.74, 6) is 3.27. The minimum absolute atomic E-state index is 0.122. The van der Waals surface area contributed by atoms with Gasteiger partial charge in [0, 0.05) is 12.3 Å². The van der Waals surface area contributed by atoms with Crippen molar-refractivity contribution in [2.75, 3.05) is 13.2 Å². The summed E-state index contributed by atoms with van der Waals surface area (Å²) in [7, 11) is 0. The molecule has 16 nitrogen and oxygen atoms in total. The lowest BCUT2D eigenvalue weighted by atomic mass is 9.44. The monoisotopic (exact) mass is 870 g/mol. The van der Waals surface area contributed by atoms with E-state index in [1.54, 1.807) is 0 Å². The average Bonchev–Trinajstić information content (AvgIpc) is 3.69. The summed E-state index contributed by atoms with van der Waals surface area (Å²) in [6, 6.07) is 0. The Bertz CT molecular complexity index is 1530. The van der Waals surface area contributed by atoms with Crippen LogP contribution in [0, 0.1) is 52.3 Å². The summed E-state index contributed by atoms with van der Waals surface area (Å²) in [4.78, 5) is 0. The van der Waals surface area contributed by atoms with Crippen molar-refractivity contribution in [3.8, 4) is 0 Å². The van der Waals surface area contributed by atoms with Crippen LogP contribution in [-0.2, 0) is 37.9 Å². The van der Waals surface area contributed by atoms with Gasteiger partial charge in [0.25, 0.3) is 0 Å². The van der Waals surface area contributed by atoms with Gasteiger partial charge in [0.2, 0.25) is 0 Å². The molecule has 0 bridgehead atoms.